The number of likely N-dealkylation sites (N-methyl/N-ethyl adjacent to an activating group) is 1. The number of rotatable bonds is 11. The Hall–Kier alpha value is -3.69. The molecule has 0 spiro atoms. The minimum absolute atomic E-state index is 0.138. The van der Waals surface area contributed by atoms with Crippen LogP contribution in [-0.4, -0.2) is 68.2 Å². The first-order chi connectivity index (χ1) is 20.7. The van der Waals surface area contributed by atoms with Gasteiger partial charge in [0.2, 0.25) is 0 Å². The molecule has 2 aromatic carbocycles. The molecule has 0 aromatic heterocycles. The molecule has 2 aliphatic carbocycles. The normalized spacial score (nSPS) is 15.3. The van der Waals surface area contributed by atoms with Gasteiger partial charge in [-0.2, -0.15) is 8.42 Å². The van der Waals surface area contributed by atoms with Crippen molar-refractivity contribution in [2.24, 2.45) is 0 Å². The van der Waals surface area contributed by atoms with Crippen molar-refractivity contribution in [3.05, 3.63) is 89.5 Å². The van der Waals surface area contributed by atoms with Gasteiger partial charge in [0.05, 0.1) is 0 Å². The average Bonchev–Trinajstić information content (AvgIpc) is 3.01. The van der Waals surface area contributed by atoms with Crippen LogP contribution in [0.4, 0.5) is 10.5 Å². The largest absolute Gasteiger partial charge is 0.443 e. The molecule has 1 saturated carbocycles. The van der Waals surface area contributed by atoms with Gasteiger partial charge in [-0.05, 0) is 80.7 Å². The lowest BCUT2D eigenvalue weighted by Crippen LogP contribution is -2.37. The van der Waals surface area contributed by atoms with Crippen LogP contribution in [0.1, 0.15) is 64.0 Å². The van der Waals surface area contributed by atoms with Crippen LogP contribution >= 0.6 is 0 Å². The zero-order valence-electron chi connectivity index (χ0n) is 25.5. The summed E-state index contributed by atoms with van der Waals surface area (Å²) in [5.41, 5.74) is 4.83. The number of alkyl carbamates (subject to hydrolysis) is 1. The molecule has 9 heteroatoms. The summed E-state index contributed by atoms with van der Waals surface area (Å²) in [6.45, 7) is 9.56. The Bertz CT molecular complexity index is 1480. The molecule has 0 unspecified atom stereocenters. The van der Waals surface area contributed by atoms with Crippen molar-refractivity contribution in [1.82, 2.24) is 5.32 Å². The lowest BCUT2D eigenvalue weighted by atomic mass is 9.90. The molecule has 230 valence electrons. The smallest absolute Gasteiger partial charge is 0.407 e. The summed E-state index contributed by atoms with van der Waals surface area (Å²) in [5, 5.41) is 2.99. The van der Waals surface area contributed by atoms with Crippen LogP contribution in [0.15, 0.2) is 83.3 Å². The number of hydrogen-bond donors (Lipinski definition) is 2. The summed E-state index contributed by atoms with van der Waals surface area (Å²) < 4.78 is 42.4. The maximum Gasteiger partial charge on any atom is 0.407 e. The fourth-order valence-corrected chi connectivity index (χ4v) is 6.51. The minimum Gasteiger partial charge on any atom is -0.443 e. The van der Waals surface area contributed by atoms with Crippen LogP contribution in [0.5, 0.6) is 0 Å². The molecule has 4 rings (SSSR count). The van der Waals surface area contributed by atoms with E-state index in [1.807, 2.05) is 55.5 Å². The Labute approximate surface area is 256 Å². The van der Waals surface area contributed by atoms with Gasteiger partial charge < -0.3 is 15.0 Å². The monoisotopic (exact) mass is 606 g/mol. The standard InChI is InChI=1S/C34H43N3O5S/c1-4-36(5-2)29-20-16-26(17-21-29)33(31-14-10-11-15-32(31)43(39,40)41)27-18-22-30(23-19-27)37(6-3)24-25-42-34(38)35-28-12-8-7-9-13-28/h10-11,14-23,28H,4-9,12-13,24-25H2,1-3H3,(H-,35,38,39,40,41)/p+1. The predicted molar refractivity (Wildman–Crippen MR) is 173 cm³/mol. The van der Waals surface area contributed by atoms with Gasteiger partial charge in [0, 0.05) is 42.5 Å². The molecule has 0 bridgehead atoms. The Morgan fingerprint density at radius 3 is 2.21 bits per heavy atom. The first kappa shape index (κ1) is 32.2. The molecular weight excluding hydrogens is 562 g/mol. The van der Waals surface area contributed by atoms with E-state index >= 15 is 0 Å². The van der Waals surface area contributed by atoms with Crippen LogP contribution in [0.3, 0.4) is 0 Å². The van der Waals surface area contributed by atoms with Gasteiger partial charge in [-0.15, -0.1) is 0 Å². The maximum atomic E-state index is 12.4. The van der Waals surface area contributed by atoms with Gasteiger partial charge in [0.15, 0.2) is 18.9 Å². The van der Waals surface area contributed by atoms with Crippen molar-refractivity contribution in [2.75, 3.05) is 37.7 Å². The van der Waals surface area contributed by atoms with Gasteiger partial charge in [-0.25, -0.2) is 9.37 Å². The number of carbonyl (C=O) groups is 1. The number of ether oxygens (including phenoxy) is 1. The number of hydrogen-bond acceptors (Lipinski definition) is 5. The molecule has 1 fully saturated rings. The molecule has 2 aromatic rings. The second kappa shape index (κ2) is 15.2. The van der Waals surface area contributed by atoms with E-state index in [1.165, 1.54) is 12.5 Å². The Morgan fingerprint density at radius 1 is 0.953 bits per heavy atom. The molecule has 0 radical (unpaired) electrons. The Balaban J connectivity index is 1.61. The average molecular weight is 607 g/mol. The first-order valence-corrected chi connectivity index (χ1v) is 16.8. The molecule has 0 heterocycles. The van der Waals surface area contributed by atoms with Crippen molar-refractivity contribution in [3.63, 3.8) is 0 Å². The lowest BCUT2D eigenvalue weighted by Gasteiger charge is -2.22. The third-order valence-corrected chi connectivity index (χ3v) is 9.06. The van der Waals surface area contributed by atoms with Crippen LogP contribution in [0.2, 0.25) is 0 Å². The molecule has 2 aliphatic rings. The van der Waals surface area contributed by atoms with Crippen molar-refractivity contribution < 1.29 is 27.1 Å². The van der Waals surface area contributed by atoms with E-state index in [2.05, 4.69) is 28.6 Å². The van der Waals surface area contributed by atoms with Crippen molar-refractivity contribution in [1.29, 1.82) is 0 Å². The molecular formula is C34H44N3O5S+. The van der Waals surface area contributed by atoms with E-state index in [9.17, 15) is 17.8 Å². The van der Waals surface area contributed by atoms with E-state index < -0.39 is 10.1 Å². The van der Waals surface area contributed by atoms with E-state index in [0.717, 1.165) is 67.9 Å². The SMILES string of the molecule is CCN(CC)c1ccc(C(=C2C=CC(=[N+](CC)CCOC(=O)NC3CCCCC3)C=C2)c2ccccc2S(=O)(=O)O)cc1. The van der Waals surface area contributed by atoms with Gasteiger partial charge in [-0.1, -0.05) is 49.6 Å². The molecule has 0 atom stereocenters. The highest BCUT2D eigenvalue weighted by Crippen LogP contribution is 2.34. The molecule has 8 nitrogen and oxygen atoms in total. The van der Waals surface area contributed by atoms with Crippen LogP contribution in [0, 0.1) is 0 Å². The molecule has 0 saturated heterocycles. The third-order valence-electron chi connectivity index (χ3n) is 8.14. The van der Waals surface area contributed by atoms with Crippen molar-refractivity contribution >= 4 is 33.2 Å². The number of nitrogens with one attached hydrogen (secondary N) is 1. The number of benzene rings is 2. The highest BCUT2D eigenvalue weighted by Gasteiger charge is 2.22. The van der Waals surface area contributed by atoms with E-state index in [-0.39, 0.29) is 23.6 Å². The Kier molecular flexibility index (Phi) is 11.4. The second-order valence-corrected chi connectivity index (χ2v) is 12.2. The summed E-state index contributed by atoms with van der Waals surface area (Å²) in [7, 11) is -4.46. The zero-order valence-corrected chi connectivity index (χ0v) is 26.3. The number of allylic oxidation sites excluding steroid dienone is 5. The highest BCUT2D eigenvalue weighted by molar-refractivity contribution is 7.86. The number of carbonyl (C=O) groups excluding carboxylic acids is 1. The summed E-state index contributed by atoms with van der Waals surface area (Å²) in [6, 6.07) is 14.8. The lowest BCUT2D eigenvalue weighted by molar-refractivity contribution is -0.524. The van der Waals surface area contributed by atoms with Crippen LogP contribution < -0.4 is 10.2 Å². The fourth-order valence-electron chi connectivity index (χ4n) is 5.82. The van der Waals surface area contributed by atoms with Crippen molar-refractivity contribution in [3.8, 4) is 0 Å². The summed E-state index contributed by atoms with van der Waals surface area (Å²) in [5.74, 6) is 0. The molecule has 43 heavy (non-hydrogen) atoms. The number of anilines is 1. The Morgan fingerprint density at radius 2 is 1.60 bits per heavy atom. The van der Waals surface area contributed by atoms with E-state index in [4.69, 9.17) is 4.74 Å². The summed E-state index contributed by atoms with van der Waals surface area (Å²) in [4.78, 5) is 14.4. The molecule has 1 amide bonds. The number of nitrogens with zero attached hydrogens (tertiary/aromatic N) is 2. The van der Waals surface area contributed by atoms with E-state index in [1.54, 1.807) is 18.2 Å². The van der Waals surface area contributed by atoms with Gasteiger partial charge in [-0.3, -0.25) is 4.55 Å². The topological polar surface area (TPSA) is 99.0 Å². The summed E-state index contributed by atoms with van der Waals surface area (Å²) in [6.07, 6.45) is 13.1. The first-order valence-electron chi connectivity index (χ1n) is 15.3. The second-order valence-electron chi connectivity index (χ2n) is 10.8. The van der Waals surface area contributed by atoms with Gasteiger partial charge in [0.25, 0.3) is 10.1 Å². The van der Waals surface area contributed by atoms with E-state index in [0.29, 0.717) is 17.7 Å². The van der Waals surface area contributed by atoms with Crippen LogP contribution in [0.25, 0.3) is 5.57 Å². The van der Waals surface area contributed by atoms with Crippen LogP contribution in [-0.2, 0) is 14.9 Å². The fraction of sp³-hybridized carbons (Fsp3) is 0.412. The highest BCUT2D eigenvalue weighted by atomic mass is 32.2. The quantitative estimate of drug-likeness (QED) is 0.232. The predicted octanol–water partition coefficient (Wildman–Crippen LogP) is 6.24. The number of amides is 1. The maximum absolute atomic E-state index is 12.4. The third kappa shape index (κ3) is 8.45. The van der Waals surface area contributed by atoms with Gasteiger partial charge in [0.1, 0.15) is 11.4 Å². The molecule has 0 aliphatic heterocycles. The van der Waals surface area contributed by atoms with Crippen molar-refractivity contribution in [2.45, 2.75) is 63.8 Å². The zero-order chi connectivity index (χ0) is 30.8. The summed E-state index contributed by atoms with van der Waals surface area (Å²) >= 11 is 0. The minimum atomic E-state index is -4.46. The molecule has 2 N–H and O–H groups in total. The van der Waals surface area contributed by atoms with Gasteiger partial charge >= 0.3 is 6.09 Å².